The zero-order valence-corrected chi connectivity index (χ0v) is 65.3. The Kier molecular flexibility index (Phi) is 13.8. The van der Waals surface area contributed by atoms with E-state index in [0.717, 1.165) is 156 Å². The number of nitrogens with zero attached hydrogens (tertiary/aromatic N) is 5. The molecule has 16 aromatic carbocycles. The van der Waals surface area contributed by atoms with Crippen LogP contribution in [0.2, 0.25) is 0 Å². The van der Waals surface area contributed by atoms with Crippen LogP contribution in [0.3, 0.4) is 0 Å². The van der Waals surface area contributed by atoms with Crippen LogP contribution >= 0.6 is 0 Å². The Hall–Kier alpha value is -13.4. The van der Waals surface area contributed by atoms with Gasteiger partial charge in [0.05, 0.1) is 61.1 Å². The van der Waals surface area contributed by atoms with Crippen molar-refractivity contribution >= 4 is 123 Å². The molecule has 0 radical (unpaired) electrons. The summed E-state index contributed by atoms with van der Waals surface area (Å²) in [5.41, 5.74) is 27.8. The van der Waals surface area contributed by atoms with E-state index in [4.69, 9.17) is 0 Å². The van der Waals surface area contributed by atoms with Gasteiger partial charge in [-0.05, 0) is 174 Å². The fourth-order valence-electron chi connectivity index (χ4n) is 18.3. The Bertz CT molecular complexity index is 7340. The van der Waals surface area contributed by atoms with Gasteiger partial charge >= 0.3 is 0 Å². The highest BCUT2D eigenvalue weighted by Gasteiger charge is 2.46. The summed E-state index contributed by atoms with van der Waals surface area (Å²) in [5.74, 6) is 0. The average Bonchev–Trinajstić information content (AvgIpc) is 0.699. The minimum absolute atomic E-state index is 0.00137. The van der Waals surface area contributed by atoms with Crippen LogP contribution < -0.4 is 26.2 Å². The molecule has 2 aliphatic rings. The Morgan fingerprint density at radius 2 is 0.614 bits per heavy atom. The average molecular weight is 1470 g/mol. The zero-order valence-electron chi connectivity index (χ0n) is 73.3. The minimum atomic E-state index is -0.557. The van der Waals surface area contributed by atoms with E-state index in [9.17, 15) is 11.0 Å². The molecule has 0 N–H and O–H groups in total. The number of fused-ring (bicyclic) bond motifs is 13. The molecule has 0 atom stereocenters. The summed E-state index contributed by atoms with van der Waals surface area (Å²) in [6.07, 6.45) is 0. The van der Waals surface area contributed by atoms with E-state index in [1.807, 2.05) is 6.07 Å². The van der Waals surface area contributed by atoms with Gasteiger partial charge in [-0.3, -0.25) is 0 Å². The van der Waals surface area contributed by atoms with Gasteiger partial charge in [-0.15, -0.1) is 0 Å². The molecule has 0 saturated heterocycles. The molecule has 5 nitrogen and oxygen atoms in total. The molecule has 0 unspecified atom stereocenters. The molecule has 3 aromatic heterocycles. The maximum Gasteiger partial charge on any atom is 0.252 e. The van der Waals surface area contributed by atoms with Gasteiger partial charge in [0, 0.05) is 88.7 Å². The SMILES string of the molecule is [2H]c1c([2H])c([2H])c2c(c1[2H])c1c([2H])c([2H])c([2H])c([2H])c1n2-c1ccc2c(c1)N(c1c(-c3ccccc3)cc(C(C)(C)C)cc1-c1ccccc1)c1cc(-n3c4ccccc4c4cc(-n5c6ccccc6c6ccccc65)ccc43)cc3c1B2c1ccc(-c2cc(C(C)(C)C)cc(C(C)(C)C)c2)cc1N3c1c(-c2ccccc2)cccc1-c1ccccc1. The van der Waals surface area contributed by atoms with Crippen molar-refractivity contribution < 1.29 is 11.0 Å². The number of hydrogen-bond donors (Lipinski definition) is 0. The maximum atomic E-state index is 10.0. The molecule has 5 heterocycles. The summed E-state index contributed by atoms with van der Waals surface area (Å²) in [5, 5.41) is 4.49. The molecule has 0 bridgehead atoms. The van der Waals surface area contributed by atoms with Gasteiger partial charge in [-0.25, -0.2) is 0 Å². The summed E-state index contributed by atoms with van der Waals surface area (Å²) in [6.45, 7) is 20.0. The topological polar surface area (TPSA) is 21.3 Å². The highest BCUT2D eigenvalue weighted by atomic mass is 15.2. The van der Waals surface area contributed by atoms with Crippen LogP contribution in [0, 0.1) is 0 Å². The van der Waals surface area contributed by atoms with E-state index in [2.05, 4.69) is 385 Å². The van der Waals surface area contributed by atoms with Gasteiger partial charge in [0.25, 0.3) is 6.71 Å². The second-order valence-electron chi connectivity index (χ2n) is 33.9. The number of rotatable bonds is 10. The summed E-state index contributed by atoms with van der Waals surface area (Å²) < 4.78 is 83.3. The summed E-state index contributed by atoms with van der Waals surface area (Å²) in [7, 11) is 0. The predicted molar refractivity (Wildman–Crippen MR) is 487 cm³/mol. The molecule has 0 aliphatic carbocycles. The van der Waals surface area contributed by atoms with Gasteiger partial charge in [-0.2, -0.15) is 0 Å². The molecule has 19 aromatic rings. The number of benzene rings is 16. The van der Waals surface area contributed by atoms with Crippen molar-refractivity contribution in [2.24, 2.45) is 0 Å². The Morgan fingerprint density at radius 3 is 1.11 bits per heavy atom. The predicted octanol–water partition coefficient (Wildman–Crippen LogP) is 27.3. The third-order valence-corrected chi connectivity index (χ3v) is 23.9. The lowest BCUT2D eigenvalue weighted by atomic mass is 9.33. The van der Waals surface area contributed by atoms with Crippen molar-refractivity contribution in [3.8, 4) is 72.7 Å². The third kappa shape index (κ3) is 11.0. The first-order valence-electron chi connectivity index (χ1n) is 43.6. The van der Waals surface area contributed by atoms with Gasteiger partial charge in [0.2, 0.25) is 0 Å². The molecule has 6 heteroatoms. The molecule has 2 aliphatic heterocycles. The van der Waals surface area contributed by atoms with Crippen molar-refractivity contribution in [1.82, 2.24) is 13.7 Å². The lowest BCUT2D eigenvalue weighted by Gasteiger charge is -2.46. The lowest BCUT2D eigenvalue weighted by molar-refractivity contribution is 0.569. The quantitative estimate of drug-likeness (QED) is 0.127. The normalized spacial score (nSPS) is 13.9. The lowest BCUT2D eigenvalue weighted by Crippen LogP contribution is -2.61. The second kappa shape index (κ2) is 26.1. The molecular weight excluding hydrogens is 1380 g/mol. The smallest absolute Gasteiger partial charge is 0.252 e. The number of hydrogen-bond acceptors (Lipinski definition) is 2. The van der Waals surface area contributed by atoms with Crippen molar-refractivity contribution in [3.63, 3.8) is 0 Å². The molecule has 114 heavy (non-hydrogen) atoms. The first-order chi connectivity index (χ1) is 58.8. The number of anilines is 6. The van der Waals surface area contributed by atoms with Crippen LogP contribution in [0.4, 0.5) is 34.1 Å². The van der Waals surface area contributed by atoms with Crippen LogP contribution in [-0.2, 0) is 16.2 Å². The van der Waals surface area contributed by atoms with E-state index >= 15 is 0 Å². The molecule has 0 fully saturated rings. The van der Waals surface area contributed by atoms with Gasteiger partial charge in [0.1, 0.15) is 0 Å². The summed E-state index contributed by atoms with van der Waals surface area (Å²) in [4.78, 5) is 5.08. The minimum Gasteiger partial charge on any atom is -0.310 e. The van der Waals surface area contributed by atoms with E-state index in [1.165, 1.54) is 21.9 Å². The van der Waals surface area contributed by atoms with Crippen LogP contribution in [-0.4, -0.2) is 20.4 Å². The highest BCUT2D eigenvalue weighted by molar-refractivity contribution is 7.00. The van der Waals surface area contributed by atoms with E-state index in [-0.39, 0.29) is 50.1 Å². The second-order valence-corrected chi connectivity index (χ2v) is 33.9. The summed E-state index contributed by atoms with van der Waals surface area (Å²) >= 11 is 0. The molecule has 546 valence electrons. The monoisotopic (exact) mass is 1470 g/mol. The number of aromatic nitrogens is 3. The molecule has 0 saturated carbocycles. The fraction of sp³-hybridized carbons (Fsp3) is 0.111. The van der Waals surface area contributed by atoms with Gasteiger partial charge in [-0.1, -0.05) is 329 Å². The molecule has 0 amide bonds. The van der Waals surface area contributed by atoms with Crippen molar-refractivity contribution in [3.05, 3.63) is 374 Å². The van der Waals surface area contributed by atoms with Crippen LogP contribution in [0.15, 0.2) is 358 Å². The van der Waals surface area contributed by atoms with Crippen molar-refractivity contribution in [2.75, 3.05) is 9.80 Å². The van der Waals surface area contributed by atoms with E-state index in [1.54, 1.807) is 4.57 Å². The maximum absolute atomic E-state index is 10.0. The van der Waals surface area contributed by atoms with Crippen LogP contribution in [0.1, 0.15) is 90.0 Å². The van der Waals surface area contributed by atoms with Crippen molar-refractivity contribution in [1.29, 1.82) is 0 Å². The zero-order chi connectivity index (χ0) is 84.0. The fourth-order valence-corrected chi connectivity index (χ4v) is 18.3. The first kappa shape index (κ1) is 60.3. The summed E-state index contributed by atoms with van der Waals surface area (Å²) in [6, 6.07) is 109. The van der Waals surface area contributed by atoms with E-state index < -0.39 is 43.0 Å². The molecule has 21 rings (SSSR count). The standard InChI is InChI=1S/C108H86BN5/c1-106(2,3)75-59-74(60-76(62-75)107(4,5)6)73-53-56-91-99(61-73)113(104-81(69-33-14-10-15-34-69)46-32-47-82(104)70-35-16-11-17-36-70)101-67-80(112-97-52-31-26-45-87(97)90-65-78(55-58-98(90)112)110-93-48-27-22-41-83(93)84-42-23-28-49-94(84)110)68-102-103(101)109(91)92-57-54-79(111-95-50-29-24-43-85(95)86-44-25-30-51-96(86)111)66-100(92)114(102)105-88(71-37-18-12-19-38-71)63-77(108(7,8)9)64-89(105)72-39-20-13-21-40-72/h10-68H,1-9H3/i24D,25D,29D,30D,43D,44D,50D,51D. The van der Waals surface area contributed by atoms with Crippen LogP contribution in [0.25, 0.3) is 138 Å². The molecule has 0 spiro atoms. The van der Waals surface area contributed by atoms with Gasteiger partial charge in [0.15, 0.2) is 0 Å². The van der Waals surface area contributed by atoms with E-state index in [0.29, 0.717) is 5.69 Å². The Labute approximate surface area is 678 Å². The van der Waals surface area contributed by atoms with Crippen LogP contribution in [0.5, 0.6) is 0 Å². The Morgan fingerprint density at radius 1 is 0.246 bits per heavy atom. The molecular formula is C108H86BN5. The largest absolute Gasteiger partial charge is 0.310 e. The van der Waals surface area contributed by atoms with Crippen molar-refractivity contribution in [2.45, 2.75) is 78.6 Å². The number of para-hydroxylation sites is 6. The Balaban J connectivity index is 0.976. The third-order valence-electron chi connectivity index (χ3n) is 23.9. The highest BCUT2D eigenvalue weighted by Crippen LogP contribution is 2.56. The first-order valence-corrected chi connectivity index (χ1v) is 39.6. The van der Waals surface area contributed by atoms with Gasteiger partial charge < -0.3 is 23.5 Å².